The molecule has 0 aliphatic heterocycles. The van der Waals surface area contributed by atoms with Crippen molar-refractivity contribution in [2.24, 2.45) is 0 Å². The van der Waals surface area contributed by atoms with Crippen molar-refractivity contribution in [3.63, 3.8) is 0 Å². The molecule has 1 aromatic carbocycles. The van der Waals surface area contributed by atoms with Gasteiger partial charge in [0.15, 0.2) is 5.16 Å². The molecular weight excluding hydrogens is 270 g/mol. The first-order chi connectivity index (χ1) is 9.83. The Morgan fingerprint density at radius 3 is 2.50 bits per heavy atom. The van der Waals surface area contributed by atoms with E-state index in [1.165, 1.54) is 12.8 Å². The van der Waals surface area contributed by atoms with Gasteiger partial charge >= 0.3 is 0 Å². The summed E-state index contributed by atoms with van der Waals surface area (Å²) in [6.45, 7) is 0.859. The molecule has 2 aromatic rings. The molecule has 20 heavy (non-hydrogen) atoms. The van der Waals surface area contributed by atoms with Crippen LogP contribution < -0.4 is 10.1 Å². The third-order valence-electron chi connectivity index (χ3n) is 3.12. The average Bonchev–Trinajstić information content (AvgIpc) is 3.32. The molecule has 0 radical (unpaired) electrons. The molecule has 0 atom stereocenters. The van der Waals surface area contributed by atoms with Crippen LogP contribution in [0.2, 0.25) is 0 Å². The molecule has 1 fully saturated rings. The van der Waals surface area contributed by atoms with Crippen molar-refractivity contribution < 1.29 is 4.74 Å². The molecule has 3 rings (SSSR count). The maximum Gasteiger partial charge on any atom is 0.192 e. The van der Waals surface area contributed by atoms with Gasteiger partial charge in [-0.2, -0.15) is 0 Å². The molecule has 5 heteroatoms. The molecule has 1 aliphatic carbocycles. The summed E-state index contributed by atoms with van der Waals surface area (Å²) in [6, 6.07) is 8.61. The van der Waals surface area contributed by atoms with Crippen molar-refractivity contribution in [3.05, 3.63) is 42.2 Å². The lowest BCUT2D eigenvalue weighted by atomic mass is 10.3. The Hall–Kier alpha value is -1.59. The van der Waals surface area contributed by atoms with Crippen LogP contribution in [0.3, 0.4) is 0 Å². The summed E-state index contributed by atoms with van der Waals surface area (Å²) >= 11 is 1.55. The molecule has 0 amide bonds. The number of hydrogen-bond donors (Lipinski definition) is 1. The Kier molecular flexibility index (Phi) is 4.18. The lowest BCUT2D eigenvalue weighted by Gasteiger charge is -2.04. The van der Waals surface area contributed by atoms with E-state index in [2.05, 4.69) is 15.3 Å². The smallest absolute Gasteiger partial charge is 0.192 e. The number of methoxy groups -OCH3 is 1. The van der Waals surface area contributed by atoms with Gasteiger partial charge in [-0.1, -0.05) is 0 Å². The molecule has 0 spiro atoms. The predicted molar refractivity (Wildman–Crippen MR) is 79.0 cm³/mol. The number of nitrogens with zero attached hydrogens (tertiary/aromatic N) is 2. The Labute approximate surface area is 123 Å². The molecule has 0 saturated heterocycles. The summed E-state index contributed by atoms with van der Waals surface area (Å²) in [5, 5.41) is 4.22. The second kappa shape index (κ2) is 6.24. The highest BCUT2D eigenvalue weighted by Crippen LogP contribution is 2.26. The Morgan fingerprint density at radius 2 is 1.90 bits per heavy atom. The highest BCUT2D eigenvalue weighted by Gasteiger charge is 2.19. The first-order valence-corrected chi connectivity index (χ1v) is 7.51. The van der Waals surface area contributed by atoms with Crippen molar-refractivity contribution in [3.8, 4) is 5.75 Å². The van der Waals surface area contributed by atoms with Gasteiger partial charge in [0.1, 0.15) is 5.75 Å². The molecular formula is C15H17N3OS. The zero-order valence-corrected chi connectivity index (χ0v) is 12.2. The summed E-state index contributed by atoms with van der Waals surface area (Å²) in [5.41, 5.74) is 1.14. The molecule has 1 heterocycles. The fraction of sp³-hybridized carbons (Fsp3) is 0.333. The highest BCUT2D eigenvalue weighted by molar-refractivity contribution is 7.99. The van der Waals surface area contributed by atoms with Crippen molar-refractivity contribution in [2.45, 2.75) is 35.5 Å². The number of rotatable bonds is 6. The zero-order chi connectivity index (χ0) is 13.8. The number of aromatic nitrogens is 2. The predicted octanol–water partition coefficient (Wildman–Crippen LogP) is 2.89. The van der Waals surface area contributed by atoms with Gasteiger partial charge in [0.05, 0.1) is 7.11 Å². The van der Waals surface area contributed by atoms with Gasteiger partial charge in [0, 0.05) is 35.4 Å². The van der Waals surface area contributed by atoms with E-state index < -0.39 is 0 Å². The fourth-order valence-electron chi connectivity index (χ4n) is 1.79. The summed E-state index contributed by atoms with van der Waals surface area (Å²) in [6.07, 6.45) is 6.39. The SMILES string of the molecule is COc1ccc(Sc2ncc(CNC3CC3)cn2)cc1. The normalized spacial score (nSPS) is 14.2. The maximum atomic E-state index is 5.14. The van der Waals surface area contributed by atoms with Crippen LogP contribution >= 0.6 is 11.8 Å². The van der Waals surface area contributed by atoms with Gasteiger partial charge in [0.2, 0.25) is 0 Å². The van der Waals surface area contributed by atoms with Gasteiger partial charge in [-0.3, -0.25) is 0 Å². The third-order valence-corrected chi connectivity index (χ3v) is 4.02. The maximum absolute atomic E-state index is 5.14. The van der Waals surface area contributed by atoms with Crippen molar-refractivity contribution in [2.75, 3.05) is 7.11 Å². The first-order valence-electron chi connectivity index (χ1n) is 6.70. The van der Waals surface area contributed by atoms with Crippen LogP contribution in [0.15, 0.2) is 46.7 Å². The standard InChI is InChI=1S/C15H17N3OS/c1-19-13-4-6-14(7-5-13)20-15-17-9-11(10-18-15)8-16-12-2-3-12/h4-7,9-10,12,16H,2-3,8H2,1H3. The Morgan fingerprint density at radius 1 is 1.20 bits per heavy atom. The monoisotopic (exact) mass is 287 g/mol. The largest absolute Gasteiger partial charge is 0.497 e. The summed E-state index contributed by atoms with van der Waals surface area (Å²) < 4.78 is 5.14. The molecule has 0 bridgehead atoms. The molecule has 1 aromatic heterocycles. The first kappa shape index (κ1) is 13.4. The van der Waals surface area contributed by atoms with E-state index in [1.807, 2.05) is 36.7 Å². The topological polar surface area (TPSA) is 47.0 Å². The minimum Gasteiger partial charge on any atom is -0.497 e. The summed E-state index contributed by atoms with van der Waals surface area (Å²) in [7, 11) is 1.67. The van der Waals surface area contributed by atoms with Crippen LogP contribution in [0.4, 0.5) is 0 Å². The van der Waals surface area contributed by atoms with E-state index in [0.29, 0.717) is 6.04 Å². The number of benzene rings is 1. The Balaban J connectivity index is 1.58. The fourth-order valence-corrected chi connectivity index (χ4v) is 2.48. The third kappa shape index (κ3) is 3.71. The van der Waals surface area contributed by atoms with E-state index in [-0.39, 0.29) is 0 Å². The van der Waals surface area contributed by atoms with Crippen LogP contribution in [-0.2, 0) is 6.54 Å². The van der Waals surface area contributed by atoms with Gasteiger partial charge in [-0.05, 0) is 48.9 Å². The van der Waals surface area contributed by atoms with E-state index >= 15 is 0 Å². The molecule has 1 saturated carbocycles. The molecule has 4 nitrogen and oxygen atoms in total. The second-order valence-corrected chi connectivity index (χ2v) is 5.85. The van der Waals surface area contributed by atoms with Crippen LogP contribution in [0.5, 0.6) is 5.75 Å². The Bertz CT molecular complexity index is 552. The van der Waals surface area contributed by atoms with Crippen LogP contribution in [-0.4, -0.2) is 23.1 Å². The highest BCUT2D eigenvalue weighted by atomic mass is 32.2. The molecule has 0 unspecified atom stereocenters. The van der Waals surface area contributed by atoms with E-state index in [9.17, 15) is 0 Å². The summed E-state index contributed by atoms with van der Waals surface area (Å²) in [4.78, 5) is 9.90. The van der Waals surface area contributed by atoms with E-state index in [4.69, 9.17) is 4.74 Å². The van der Waals surface area contributed by atoms with Gasteiger partial charge in [-0.15, -0.1) is 0 Å². The van der Waals surface area contributed by atoms with Gasteiger partial charge < -0.3 is 10.1 Å². The van der Waals surface area contributed by atoms with Gasteiger partial charge in [-0.25, -0.2) is 9.97 Å². The van der Waals surface area contributed by atoms with Crippen molar-refractivity contribution in [1.82, 2.24) is 15.3 Å². The lowest BCUT2D eigenvalue weighted by Crippen LogP contribution is -2.15. The quantitative estimate of drug-likeness (QED) is 0.828. The molecule has 104 valence electrons. The second-order valence-electron chi connectivity index (χ2n) is 4.81. The minimum atomic E-state index is 0.711. The average molecular weight is 287 g/mol. The zero-order valence-electron chi connectivity index (χ0n) is 11.4. The van der Waals surface area contributed by atoms with E-state index in [0.717, 1.165) is 27.9 Å². The summed E-state index contributed by atoms with van der Waals surface area (Å²) in [5.74, 6) is 0.858. The van der Waals surface area contributed by atoms with Gasteiger partial charge in [0.25, 0.3) is 0 Å². The molecule has 1 aliphatic rings. The minimum absolute atomic E-state index is 0.711. The number of hydrogen-bond acceptors (Lipinski definition) is 5. The molecule has 1 N–H and O–H groups in total. The van der Waals surface area contributed by atoms with Crippen LogP contribution in [0, 0.1) is 0 Å². The van der Waals surface area contributed by atoms with E-state index in [1.54, 1.807) is 18.9 Å². The van der Waals surface area contributed by atoms with Crippen LogP contribution in [0.1, 0.15) is 18.4 Å². The van der Waals surface area contributed by atoms with Crippen molar-refractivity contribution in [1.29, 1.82) is 0 Å². The lowest BCUT2D eigenvalue weighted by molar-refractivity contribution is 0.414. The number of nitrogens with one attached hydrogen (secondary N) is 1. The van der Waals surface area contributed by atoms with Crippen LogP contribution in [0.25, 0.3) is 0 Å². The number of ether oxygens (including phenoxy) is 1. The van der Waals surface area contributed by atoms with Crippen molar-refractivity contribution >= 4 is 11.8 Å².